The van der Waals surface area contributed by atoms with Gasteiger partial charge in [0.05, 0.1) is 19.0 Å². The highest BCUT2D eigenvalue weighted by atomic mass is 16.5. The largest absolute Gasteiger partial charge is 0.497 e. The Labute approximate surface area is 142 Å². The van der Waals surface area contributed by atoms with Gasteiger partial charge >= 0.3 is 0 Å². The Balaban J connectivity index is 1.75. The van der Waals surface area contributed by atoms with E-state index >= 15 is 0 Å². The lowest BCUT2D eigenvalue weighted by Crippen LogP contribution is -2.13. The van der Waals surface area contributed by atoms with Gasteiger partial charge in [0.25, 0.3) is 0 Å². The number of carbonyl (C=O) groups excluding carboxylic acids is 1. The zero-order valence-electron chi connectivity index (χ0n) is 13.9. The first-order valence-corrected chi connectivity index (χ1v) is 8.04. The molecule has 0 aliphatic heterocycles. The number of nitrogens with one attached hydrogen (secondary N) is 2. The van der Waals surface area contributed by atoms with Crippen LogP contribution in [0.25, 0.3) is 0 Å². The Morgan fingerprint density at radius 1 is 1.21 bits per heavy atom. The topological polar surface area (TPSA) is 89.3 Å². The second kappa shape index (κ2) is 9.52. The molecule has 6 nitrogen and oxygen atoms in total. The predicted octanol–water partition coefficient (Wildman–Crippen LogP) is 2.42. The highest BCUT2D eigenvalue weighted by molar-refractivity contribution is 5.90. The van der Waals surface area contributed by atoms with Gasteiger partial charge in [0.15, 0.2) is 0 Å². The highest BCUT2D eigenvalue weighted by Crippen LogP contribution is 2.13. The molecule has 0 unspecified atom stereocenters. The Kier molecular flexibility index (Phi) is 7.04. The molecule has 2 aromatic rings. The minimum atomic E-state index is -0.0394. The fourth-order valence-corrected chi connectivity index (χ4v) is 2.19. The monoisotopic (exact) mass is 328 g/mol. The highest BCUT2D eigenvalue weighted by Gasteiger charge is 2.02. The molecule has 1 heterocycles. The number of amides is 1. The first-order chi connectivity index (χ1) is 11.7. The van der Waals surface area contributed by atoms with Gasteiger partial charge in [-0.15, -0.1) is 0 Å². The number of pyridine rings is 1. The van der Waals surface area contributed by atoms with Crippen LogP contribution in [0.2, 0.25) is 0 Å². The van der Waals surface area contributed by atoms with E-state index in [9.17, 15) is 4.79 Å². The van der Waals surface area contributed by atoms with Crippen molar-refractivity contribution >= 4 is 17.4 Å². The summed E-state index contributed by atoms with van der Waals surface area (Å²) < 4.78 is 5.14. The summed E-state index contributed by atoms with van der Waals surface area (Å²) in [5.74, 6) is 1.60. The van der Waals surface area contributed by atoms with Crippen molar-refractivity contribution in [3.8, 4) is 5.75 Å². The van der Waals surface area contributed by atoms with Gasteiger partial charge in [-0.05, 0) is 49.2 Å². The molecule has 0 radical (unpaired) electrons. The molecule has 0 saturated heterocycles. The molecule has 0 bridgehead atoms. The minimum Gasteiger partial charge on any atom is -0.497 e. The summed E-state index contributed by atoms with van der Waals surface area (Å²) in [6.07, 6.45) is 3.65. The fraction of sp³-hybridized carbons (Fsp3) is 0.333. The third-order valence-electron chi connectivity index (χ3n) is 3.53. The maximum atomic E-state index is 11.6. The van der Waals surface area contributed by atoms with Crippen molar-refractivity contribution in [1.82, 2.24) is 4.98 Å². The zero-order chi connectivity index (χ0) is 17.2. The number of nitrogens with zero attached hydrogens (tertiary/aromatic N) is 1. The molecule has 24 heavy (non-hydrogen) atoms. The second-order valence-corrected chi connectivity index (χ2v) is 5.40. The van der Waals surface area contributed by atoms with Crippen LogP contribution >= 0.6 is 0 Å². The molecule has 0 fully saturated rings. The van der Waals surface area contributed by atoms with Crippen LogP contribution in [0.5, 0.6) is 5.75 Å². The van der Waals surface area contributed by atoms with Crippen molar-refractivity contribution in [3.05, 3.63) is 48.2 Å². The van der Waals surface area contributed by atoms with E-state index < -0.39 is 0 Å². The number of methoxy groups -OCH3 is 1. The zero-order valence-corrected chi connectivity index (χ0v) is 13.9. The molecule has 0 aliphatic rings. The van der Waals surface area contributed by atoms with E-state index in [-0.39, 0.29) is 5.91 Å². The van der Waals surface area contributed by atoms with E-state index in [0.717, 1.165) is 24.5 Å². The number of ether oxygens (including phenoxy) is 1. The predicted molar refractivity (Wildman–Crippen MR) is 96.3 cm³/mol. The van der Waals surface area contributed by atoms with Gasteiger partial charge in [0.1, 0.15) is 11.6 Å². The third kappa shape index (κ3) is 5.89. The van der Waals surface area contributed by atoms with Crippen LogP contribution in [0.4, 0.5) is 11.5 Å². The lowest BCUT2D eigenvalue weighted by Gasteiger charge is -2.08. The molecule has 0 saturated carbocycles. The maximum Gasteiger partial charge on any atom is 0.224 e. The van der Waals surface area contributed by atoms with Crippen LogP contribution in [-0.4, -0.2) is 31.1 Å². The molecule has 6 heteroatoms. The summed E-state index contributed by atoms with van der Waals surface area (Å²) in [4.78, 5) is 15.9. The number of hydrogen-bond donors (Lipinski definition) is 3. The van der Waals surface area contributed by atoms with Crippen molar-refractivity contribution in [2.24, 2.45) is 5.73 Å². The Hall–Kier alpha value is -2.60. The lowest BCUT2D eigenvalue weighted by molar-refractivity contribution is -0.116. The van der Waals surface area contributed by atoms with Crippen LogP contribution in [0.3, 0.4) is 0 Å². The van der Waals surface area contributed by atoms with E-state index in [1.807, 2.05) is 36.4 Å². The number of hydrogen-bond acceptors (Lipinski definition) is 5. The Morgan fingerprint density at radius 2 is 2.00 bits per heavy atom. The van der Waals surface area contributed by atoms with Gasteiger partial charge in [0, 0.05) is 13.0 Å². The minimum absolute atomic E-state index is 0.0394. The smallest absolute Gasteiger partial charge is 0.224 e. The average molecular weight is 328 g/mol. The van der Waals surface area contributed by atoms with E-state index in [1.165, 1.54) is 5.56 Å². The van der Waals surface area contributed by atoms with Gasteiger partial charge in [0.2, 0.25) is 5.91 Å². The lowest BCUT2D eigenvalue weighted by atomic mass is 10.1. The number of nitrogens with two attached hydrogens (primary N) is 1. The first kappa shape index (κ1) is 17.7. The van der Waals surface area contributed by atoms with Gasteiger partial charge in [-0.1, -0.05) is 12.1 Å². The van der Waals surface area contributed by atoms with E-state index in [2.05, 4.69) is 15.6 Å². The van der Waals surface area contributed by atoms with Gasteiger partial charge in [-0.25, -0.2) is 4.98 Å². The number of aromatic nitrogens is 1. The van der Waals surface area contributed by atoms with E-state index in [1.54, 1.807) is 13.3 Å². The summed E-state index contributed by atoms with van der Waals surface area (Å²) in [5, 5.41) is 6.07. The van der Waals surface area contributed by atoms with Crippen LogP contribution in [-0.2, 0) is 11.2 Å². The molecule has 1 aromatic heterocycles. The van der Waals surface area contributed by atoms with Crippen molar-refractivity contribution in [2.75, 3.05) is 30.8 Å². The third-order valence-corrected chi connectivity index (χ3v) is 3.53. The summed E-state index contributed by atoms with van der Waals surface area (Å²) >= 11 is 0. The molecule has 2 rings (SSSR count). The molecule has 4 N–H and O–H groups in total. The SMILES string of the molecule is COc1ccc(CCNc2ccc(NC(=O)CCCN)cn2)cc1. The average Bonchev–Trinajstić information content (AvgIpc) is 2.62. The van der Waals surface area contributed by atoms with Crippen molar-refractivity contribution in [2.45, 2.75) is 19.3 Å². The van der Waals surface area contributed by atoms with Crippen molar-refractivity contribution in [1.29, 1.82) is 0 Å². The summed E-state index contributed by atoms with van der Waals surface area (Å²) in [6.45, 7) is 1.30. The molecule has 1 amide bonds. The van der Waals surface area contributed by atoms with Gasteiger partial charge < -0.3 is 21.1 Å². The summed E-state index contributed by atoms with van der Waals surface area (Å²) in [7, 11) is 1.66. The molecule has 0 spiro atoms. The Bertz CT molecular complexity index is 626. The first-order valence-electron chi connectivity index (χ1n) is 8.04. The number of rotatable bonds is 9. The van der Waals surface area contributed by atoms with Crippen LogP contribution in [0, 0.1) is 0 Å². The normalized spacial score (nSPS) is 10.2. The van der Waals surface area contributed by atoms with E-state index in [4.69, 9.17) is 10.5 Å². The summed E-state index contributed by atoms with van der Waals surface area (Å²) in [6, 6.07) is 11.7. The van der Waals surface area contributed by atoms with Crippen LogP contribution in [0.15, 0.2) is 42.6 Å². The second-order valence-electron chi connectivity index (χ2n) is 5.40. The molecular weight excluding hydrogens is 304 g/mol. The Morgan fingerprint density at radius 3 is 2.62 bits per heavy atom. The van der Waals surface area contributed by atoms with Gasteiger partial charge in [-0.3, -0.25) is 4.79 Å². The standard InChI is InChI=1S/C18H24N4O2/c1-24-16-7-4-14(5-8-16)10-12-20-17-9-6-15(13-21-17)22-18(23)3-2-11-19/h4-9,13H,2-3,10-12,19H2,1H3,(H,20,21)(H,22,23). The molecule has 1 aromatic carbocycles. The van der Waals surface area contributed by atoms with Crippen molar-refractivity contribution in [3.63, 3.8) is 0 Å². The quantitative estimate of drug-likeness (QED) is 0.658. The number of carbonyl (C=O) groups is 1. The van der Waals surface area contributed by atoms with E-state index in [0.29, 0.717) is 25.1 Å². The number of anilines is 2. The molecule has 128 valence electrons. The van der Waals surface area contributed by atoms with Crippen LogP contribution < -0.4 is 21.1 Å². The molecule has 0 aliphatic carbocycles. The number of benzene rings is 1. The van der Waals surface area contributed by atoms with Crippen LogP contribution in [0.1, 0.15) is 18.4 Å². The molecule has 0 atom stereocenters. The summed E-state index contributed by atoms with van der Waals surface area (Å²) in [5.41, 5.74) is 7.31. The fourth-order valence-electron chi connectivity index (χ4n) is 2.19. The maximum absolute atomic E-state index is 11.6. The van der Waals surface area contributed by atoms with Gasteiger partial charge in [-0.2, -0.15) is 0 Å². The molecular formula is C18H24N4O2. The van der Waals surface area contributed by atoms with Crippen molar-refractivity contribution < 1.29 is 9.53 Å².